The van der Waals surface area contributed by atoms with Gasteiger partial charge in [0.1, 0.15) is 5.92 Å². The number of carbonyl (C=O) groups excluding carboxylic acids is 1. The van der Waals surface area contributed by atoms with Gasteiger partial charge in [0, 0.05) is 6.54 Å². The smallest absolute Gasteiger partial charge is 0.318 e. The second-order valence-corrected chi connectivity index (χ2v) is 3.52. The summed E-state index contributed by atoms with van der Waals surface area (Å²) in [5.41, 5.74) is 0. The van der Waals surface area contributed by atoms with E-state index < -0.39 is 0 Å². The molecule has 15 heavy (non-hydrogen) atoms. The lowest BCUT2D eigenvalue weighted by Crippen LogP contribution is -2.31. The normalized spacial score (nSPS) is 20.7. The van der Waals surface area contributed by atoms with E-state index in [2.05, 4.69) is 4.99 Å². The number of ether oxygens (including phenoxy) is 2. The molecular formula is C11H19NO3. The van der Waals surface area contributed by atoms with Crippen LogP contribution in [0.25, 0.3) is 0 Å². The lowest BCUT2D eigenvalue weighted by atomic mass is 10.0. The maximum absolute atomic E-state index is 11.7. The van der Waals surface area contributed by atoms with E-state index in [0.717, 1.165) is 25.8 Å². The first kappa shape index (κ1) is 12.0. The molecule has 0 fully saturated rings. The van der Waals surface area contributed by atoms with Gasteiger partial charge in [-0.15, -0.1) is 0 Å². The molecule has 0 amide bonds. The highest BCUT2D eigenvalue weighted by molar-refractivity contribution is 5.98. The van der Waals surface area contributed by atoms with Gasteiger partial charge in [0.25, 0.3) is 0 Å². The van der Waals surface area contributed by atoms with E-state index in [0.29, 0.717) is 19.1 Å². The van der Waals surface area contributed by atoms with Crippen LogP contribution in [0.3, 0.4) is 0 Å². The molecule has 0 spiro atoms. The minimum atomic E-state index is -0.273. The van der Waals surface area contributed by atoms with E-state index in [1.165, 1.54) is 0 Å². The molecule has 1 aliphatic heterocycles. The summed E-state index contributed by atoms with van der Waals surface area (Å²) in [5, 5.41) is 0. The van der Waals surface area contributed by atoms with Gasteiger partial charge in [-0.2, -0.15) is 0 Å². The van der Waals surface area contributed by atoms with E-state index >= 15 is 0 Å². The average molecular weight is 213 g/mol. The van der Waals surface area contributed by atoms with Gasteiger partial charge in [-0.25, -0.2) is 0 Å². The molecule has 4 heteroatoms. The number of nitrogens with zero attached hydrogens (tertiary/aromatic N) is 1. The molecule has 0 aromatic rings. The predicted molar refractivity (Wildman–Crippen MR) is 57.9 cm³/mol. The third-order valence-electron chi connectivity index (χ3n) is 2.24. The molecule has 0 saturated heterocycles. The second-order valence-electron chi connectivity index (χ2n) is 3.52. The zero-order chi connectivity index (χ0) is 11.1. The molecule has 1 unspecified atom stereocenters. The standard InChI is InChI=1S/C11H19NO3/c1-3-8-15-11(13)9-6-5-7-12-10(9)14-4-2/h9H,3-8H2,1-2H3. The molecule has 4 nitrogen and oxygen atoms in total. The third kappa shape index (κ3) is 3.53. The van der Waals surface area contributed by atoms with Crippen LogP contribution in [0, 0.1) is 5.92 Å². The van der Waals surface area contributed by atoms with Crippen molar-refractivity contribution < 1.29 is 14.3 Å². The highest BCUT2D eigenvalue weighted by Crippen LogP contribution is 2.17. The summed E-state index contributed by atoms with van der Waals surface area (Å²) in [6, 6.07) is 0. The van der Waals surface area contributed by atoms with Crippen LogP contribution in [0.15, 0.2) is 4.99 Å². The van der Waals surface area contributed by atoms with Crippen LogP contribution in [-0.2, 0) is 14.3 Å². The van der Waals surface area contributed by atoms with Crippen molar-refractivity contribution in [2.45, 2.75) is 33.1 Å². The van der Waals surface area contributed by atoms with Crippen LogP contribution in [-0.4, -0.2) is 31.6 Å². The second kappa shape index (κ2) is 6.43. The summed E-state index contributed by atoms with van der Waals surface area (Å²) in [4.78, 5) is 15.9. The molecule has 0 bridgehead atoms. The van der Waals surface area contributed by atoms with Gasteiger partial charge in [-0.1, -0.05) is 6.92 Å². The van der Waals surface area contributed by atoms with Gasteiger partial charge in [-0.05, 0) is 26.2 Å². The van der Waals surface area contributed by atoms with Crippen LogP contribution in [0.5, 0.6) is 0 Å². The zero-order valence-electron chi connectivity index (χ0n) is 9.49. The Balaban J connectivity index is 2.53. The maximum Gasteiger partial charge on any atom is 0.318 e. The first-order valence-electron chi connectivity index (χ1n) is 5.63. The molecule has 0 saturated carbocycles. The van der Waals surface area contributed by atoms with E-state index in [4.69, 9.17) is 9.47 Å². The van der Waals surface area contributed by atoms with Crippen LogP contribution >= 0.6 is 0 Å². The van der Waals surface area contributed by atoms with E-state index in [9.17, 15) is 4.79 Å². The van der Waals surface area contributed by atoms with Crippen LogP contribution in [0.2, 0.25) is 0 Å². The van der Waals surface area contributed by atoms with Crippen molar-refractivity contribution in [3.8, 4) is 0 Å². The lowest BCUT2D eigenvalue weighted by Gasteiger charge is -2.21. The summed E-state index contributed by atoms with van der Waals surface area (Å²) in [6.45, 7) is 5.66. The molecule has 0 aromatic heterocycles. The van der Waals surface area contributed by atoms with Crippen molar-refractivity contribution in [2.75, 3.05) is 19.8 Å². The summed E-state index contributed by atoms with van der Waals surface area (Å²) in [7, 11) is 0. The van der Waals surface area contributed by atoms with Crippen molar-refractivity contribution in [3.63, 3.8) is 0 Å². The van der Waals surface area contributed by atoms with E-state index in [1.807, 2.05) is 13.8 Å². The highest BCUT2D eigenvalue weighted by atomic mass is 16.5. The van der Waals surface area contributed by atoms with Crippen molar-refractivity contribution >= 4 is 11.9 Å². The molecule has 0 radical (unpaired) electrons. The average Bonchev–Trinajstić information content (AvgIpc) is 2.27. The Morgan fingerprint density at radius 3 is 3.00 bits per heavy atom. The summed E-state index contributed by atoms with van der Waals surface area (Å²) >= 11 is 0. The van der Waals surface area contributed by atoms with Crippen LogP contribution < -0.4 is 0 Å². The summed E-state index contributed by atoms with van der Waals surface area (Å²) < 4.78 is 10.5. The Hall–Kier alpha value is -1.06. The number of esters is 1. The van der Waals surface area contributed by atoms with Gasteiger partial charge in [0.15, 0.2) is 5.90 Å². The van der Waals surface area contributed by atoms with Gasteiger partial charge in [0.05, 0.1) is 13.2 Å². The number of rotatable bonds is 4. The minimum absolute atomic E-state index is 0.191. The maximum atomic E-state index is 11.7. The quantitative estimate of drug-likeness (QED) is 0.669. The van der Waals surface area contributed by atoms with Crippen molar-refractivity contribution in [3.05, 3.63) is 0 Å². The van der Waals surface area contributed by atoms with Gasteiger partial charge < -0.3 is 9.47 Å². The van der Waals surface area contributed by atoms with Gasteiger partial charge in [0.2, 0.25) is 0 Å². The molecular weight excluding hydrogens is 194 g/mol. The molecule has 0 aliphatic carbocycles. The zero-order valence-corrected chi connectivity index (χ0v) is 9.49. The summed E-state index contributed by atoms with van der Waals surface area (Å²) in [6.07, 6.45) is 2.57. The monoisotopic (exact) mass is 213 g/mol. The number of hydrogen-bond donors (Lipinski definition) is 0. The molecule has 1 heterocycles. The number of hydrogen-bond acceptors (Lipinski definition) is 4. The van der Waals surface area contributed by atoms with E-state index in [1.54, 1.807) is 0 Å². The minimum Gasteiger partial charge on any atom is -0.481 e. The molecule has 1 aliphatic rings. The fraction of sp³-hybridized carbons (Fsp3) is 0.818. The first-order chi connectivity index (χ1) is 7.29. The SMILES string of the molecule is CCCOC(=O)C1CCCN=C1OCC. The molecule has 1 atom stereocenters. The topological polar surface area (TPSA) is 47.9 Å². The van der Waals surface area contributed by atoms with Crippen molar-refractivity contribution in [1.29, 1.82) is 0 Å². The fourth-order valence-corrected chi connectivity index (χ4v) is 1.53. The lowest BCUT2D eigenvalue weighted by molar-refractivity contribution is -0.146. The molecule has 0 N–H and O–H groups in total. The van der Waals surface area contributed by atoms with Crippen LogP contribution in [0.1, 0.15) is 33.1 Å². The number of carbonyl (C=O) groups is 1. The summed E-state index contributed by atoms with van der Waals surface area (Å²) in [5.74, 6) is 0.0962. The Bertz CT molecular complexity index is 238. The Kier molecular flexibility index (Phi) is 5.15. The van der Waals surface area contributed by atoms with E-state index in [-0.39, 0.29) is 11.9 Å². The number of aliphatic imine (C=N–C) groups is 1. The molecule has 1 rings (SSSR count). The fourth-order valence-electron chi connectivity index (χ4n) is 1.53. The first-order valence-corrected chi connectivity index (χ1v) is 5.63. The largest absolute Gasteiger partial charge is 0.481 e. The van der Waals surface area contributed by atoms with Crippen molar-refractivity contribution in [2.24, 2.45) is 10.9 Å². The predicted octanol–water partition coefficient (Wildman–Crippen LogP) is 1.78. The van der Waals surface area contributed by atoms with Crippen LogP contribution in [0.4, 0.5) is 0 Å². The Morgan fingerprint density at radius 1 is 1.53 bits per heavy atom. The van der Waals surface area contributed by atoms with Gasteiger partial charge >= 0.3 is 5.97 Å². The highest BCUT2D eigenvalue weighted by Gasteiger charge is 2.29. The van der Waals surface area contributed by atoms with Gasteiger partial charge in [-0.3, -0.25) is 9.79 Å². The van der Waals surface area contributed by atoms with Crippen molar-refractivity contribution in [1.82, 2.24) is 0 Å². The Labute approximate surface area is 90.7 Å². The Morgan fingerprint density at radius 2 is 2.33 bits per heavy atom. The molecule has 0 aromatic carbocycles. The third-order valence-corrected chi connectivity index (χ3v) is 2.24. The molecule has 86 valence electrons.